The second kappa shape index (κ2) is 13.8. The Hall–Kier alpha value is -1.62. The number of nitrogens with zero attached hydrogens (tertiary/aromatic N) is 2. The largest absolute Gasteiger partial charge is 0.462 e. The van der Waals surface area contributed by atoms with Gasteiger partial charge in [-0.3, -0.25) is 0 Å². The second-order valence-electron chi connectivity index (χ2n) is 3.77. The quantitative estimate of drug-likeness (QED) is 0.316. The van der Waals surface area contributed by atoms with Gasteiger partial charge in [-0.15, -0.1) is 0 Å². The van der Waals surface area contributed by atoms with E-state index in [1.807, 2.05) is 0 Å². The monoisotopic (exact) mass is 290 g/mol. The molecule has 0 saturated carbocycles. The fraction of sp³-hybridized carbons (Fsp3) is 0.800. The highest BCUT2D eigenvalue weighted by Crippen LogP contribution is 1.76. The van der Waals surface area contributed by atoms with Gasteiger partial charge in [0.1, 0.15) is 0 Å². The lowest BCUT2D eigenvalue weighted by Gasteiger charge is -2.11. The summed E-state index contributed by atoms with van der Waals surface area (Å²) in [4.78, 5) is 18.8. The smallest absolute Gasteiger partial charge is 0.450 e. The van der Waals surface area contributed by atoms with Crippen molar-refractivity contribution in [3.63, 3.8) is 0 Å². The molecule has 6 N–H and O–H groups in total. The Kier molecular flexibility index (Phi) is 12.7. The minimum atomic E-state index is -1.62. The fourth-order valence-electron chi connectivity index (χ4n) is 1.29. The zero-order valence-electron chi connectivity index (χ0n) is 11.3. The first-order valence-electron chi connectivity index (χ1n) is 6.33. The van der Waals surface area contributed by atoms with E-state index in [-0.39, 0.29) is 0 Å². The first kappa shape index (κ1) is 18.4. The average molecular weight is 290 g/mol. The van der Waals surface area contributed by atoms with Crippen LogP contribution in [-0.2, 0) is 0 Å². The van der Waals surface area contributed by atoms with Gasteiger partial charge in [0.2, 0.25) is 0 Å². The van der Waals surface area contributed by atoms with E-state index in [4.69, 9.17) is 10.2 Å². The van der Waals surface area contributed by atoms with Crippen molar-refractivity contribution >= 4 is 12.2 Å². The molecule has 2 rings (SSSR count). The number of piperazine rings is 2. The highest BCUT2D eigenvalue weighted by molar-refractivity contribution is 5.70. The van der Waals surface area contributed by atoms with E-state index in [1.165, 1.54) is 0 Å². The third kappa shape index (κ3) is 16.4. The molecule has 0 aromatic heterocycles. The van der Waals surface area contributed by atoms with Crippen molar-refractivity contribution in [1.29, 1.82) is 0 Å². The maximum Gasteiger partial charge on any atom is 0.450 e. The number of carboxylic acid groups (broad SMARTS) is 2. The maximum atomic E-state index is 9.38. The van der Waals surface area contributed by atoms with Crippen LogP contribution < -0.4 is 21.3 Å². The van der Waals surface area contributed by atoms with Gasteiger partial charge in [-0.1, -0.05) is 10.2 Å². The lowest BCUT2D eigenvalue weighted by molar-refractivity contribution is 0.194. The molecule has 0 radical (unpaired) electrons. The Morgan fingerprint density at radius 1 is 0.600 bits per heavy atom. The van der Waals surface area contributed by atoms with E-state index in [0.717, 1.165) is 52.4 Å². The highest BCUT2D eigenvalue weighted by atomic mass is 16.4. The molecule has 0 aromatic rings. The molecule has 2 fully saturated rings. The Balaban J connectivity index is 0.000000274. The van der Waals surface area contributed by atoms with Gasteiger partial charge >= 0.3 is 12.2 Å². The number of azo groups is 1. The van der Waals surface area contributed by atoms with Crippen molar-refractivity contribution in [2.75, 3.05) is 52.4 Å². The van der Waals surface area contributed by atoms with Crippen LogP contribution in [0.2, 0.25) is 0 Å². The van der Waals surface area contributed by atoms with Crippen LogP contribution in [0, 0.1) is 0 Å². The molecule has 2 aliphatic rings. The van der Waals surface area contributed by atoms with Gasteiger partial charge in [0.25, 0.3) is 0 Å². The number of nitrogens with one attached hydrogen (secondary N) is 4. The topological polar surface area (TPSA) is 147 Å². The van der Waals surface area contributed by atoms with Crippen LogP contribution in [0.4, 0.5) is 9.59 Å². The van der Waals surface area contributed by atoms with Crippen molar-refractivity contribution in [2.45, 2.75) is 0 Å². The van der Waals surface area contributed by atoms with E-state index in [9.17, 15) is 9.59 Å². The number of carbonyl (C=O) groups is 2. The van der Waals surface area contributed by atoms with E-state index in [0.29, 0.717) is 0 Å². The van der Waals surface area contributed by atoms with Crippen LogP contribution in [0.3, 0.4) is 0 Å². The lowest BCUT2D eigenvalue weighted by atomic mass is 10.4. The van der Waals surface area contributed by atoms with Crippen molar-refractivity contribution < 1.29 is 19.8 Å². The summed E-state index contributed by atoms with van der Waals surface area (Å²) >= 11 is 0. The molecule has 10 nitrogen and oxygen atoms in total. The summed E-state index contributed by atoms with van der Waals surface area (Å²) in [5.41, 5.74) is 0. The van der Waals surface area contributed by atoms with Gasteiger partial charge in [0.05, 0.1) is 0 Å². The molecule has 2 aliphatic heterocycles. The Morgan fingerprint density at radius 2 is 0.800 bits per heavy atom. The summed E-state index contributed by atoms with van der Waals surface area (Å²) in [6.45, 7) is 9.11. The number of hydrogen-bond acceptors (Lipinski definition) is 6. The summed E-state index contributed by atoms with van der Waals surface area (Å²) in [6.07, 6.45) is -3.24. The highest BCUT2D eigenvalue weighted by Gasteiger charge is 1.92. The first-order chi connectivity index (χ1) is 9.63. The van der Waals surface area contributed by atoms with E-state index in [1.54, 1.807) is 0 Å². The zero-order chi connectivity index (χ0) is 15.1. The number of rotatable bonds is 0. The molecule has 116 valence electrons. The molecule has 10 heteroatoms. The Bertz CT molecular complexity index is 240. The zero-order valence-corrected chi connectivity index (χ0v) is 11.3. The molecule has 0 aromatic carbocycles. The van der Waals surface area contributed by atoms with Crippen molar-refractivity contribution in [3.8, 4) is 0 Å². The maximum absolute atomic E-state index is 9.38. The predicted molar refractivity (Wildman–Crippen MR) is 72.4 cm³/mol. The van der Waals surface area contributed by atoms with Crippen LogP contribution in [-0.4, -0.2) is 74.8 Å². The van der Waals surface area contributed by atoms with Crippen LogP contribution in [0.1, 0.15) is 0 Å². The Labute approximate surface area is 117 Å². The molecular formula is C10H22N6O4. The molecule has 0 aliphatic carbocycles. The van der Waals surface area contributed by atoms with Crippen LogP contribution in [0.15, 0.2) is 10.2 Å². The second-order valence-corrected chi connectivity index (χ2v) is 3.77. The van der Waals surface area contributed by atoms with Crippen molar-refractivity contribution in [3.05, 3.63) is 0 Å². The van der Waals surface area contributed by atoms with Gasteiger partial charge in [0.15, 0.2) is 0 Å². The number of hydrogen-bond donors (Lipinski definition) is 6. The van der Waals surface area contributed by atoms with Crippen molar-refractivity contribution in [1.82, 2.24) is 21.3 Å². The van der Waals surface area contributed by atoms with Gasteiger partial charge in [0, 0.05) is 52.4 Å². The molecule has 0 atom stereocenters. The molecule has 2 amide bonds. The summed E-state index contributed by atoms with van der Waals surface area (Å²) in [5.74, 6) is 0. The summed E-state index contributed by atoms with van der Waals surface area (Å²) < 4.78 is 0. The third-order valence-electron chi connectivity index (χ3n) is 2.14. The minimum Gasteiger partial charge on any atom is -0.462 e. The van der Waals surface area contributed by atoms with Crippen molar-refractivity contribution in [2.24, 2.45) is 10.2 Å². The minimum absolute atomic E-state index is 1.14. The SMILES string of the molecule is C1CNCCN1.C1CNCCN1.O=C(O)/N=N/C(=O)O. The van der Waals surface area contributed by atoms with Crippen LogP contribution >= 0.6 is 0 Å². The van der Waals surface area contributed by atoms with Gasteiger partial charge in [-0.25, -0.2) is 9.59 Å². The van der Waals surface area contributed by atoms with E-state index >= 15 is 0 Å². The third-order valence-corrected chi connectivity index (χ3v) is 2.14. The fourth-order valence-corrected chi connectivity index (χ4v) is 1.29. The van der Waals surface area contributed by atoms with Crippen LogP contribution in [0.5, 0.6) is 0 Å². The molecule has 0 bridgehead atoms. The molecule has 20 heavy (non-hydrogen) atoms. The molecular weight excluding hydrogens is 268 g/mol. The average Bonchev–Trinajstić information content (AvgIpc) is 2.50. The summed E-state index contributed by atoms with van der Waals surface area (Å²) in [7, 11) is 0. The molecule has 0 spiro atoms. The van der Waals surface area contributed by atoms with E-state index in [2.05, 4.69) is 31.5 Å². The summed E-state index contributed by atoms with van der Waals surface area (Å²) in [6, 6.07) is 0. The van der Waals surface area contributed by atoms with Gasteiger partial charge in [-0.05, 0) is 0 Å². The van der Waals surface area contributed by atoms with E-state index < -0.39 is 12.2 Å². The Morgan fingerprint density at radius 3 is 0.900 bits per heavy atom. The van der Waals surface area contributed by atoms with Gasteiger partial charge < -0.3 is 31.5 Å². The standard InChI is InChI=1S/2C4H10N2.C2H2N2O4/c2*1-2-6-4-3-5-1;5-1(6)3-4-2(7)8/h2*5-6H,1-4H2;(H,5,6)(H,7,8)/b;;4-3+. The normalized spacial score (nSPS) is 18.2. The predicted octanol–water partition coefficient (Wildman–Crippen LogP) is -0.847. The molecule has 2 heterocycles. The molecule has 0 unspecified atom stereocenters. The number of amides is 2. The first-order valence-corrected chi connectivity index (χ1v) is 6.33. The lowest BCUT2D eigenvalue weighted by Crippen LogP contribution is -2.39. The van der Waals surface area contributed by atoms with Gasteiger partial charge in [-0.2, -0.15) is 0 Å². The summed E-state index contributed by atoms with van der Waals surface area (Å²) in [5, 5.41) is 32.7. The van der Waals surface area contributed by atoms with Crippen LogP contribution in [0.25, 0.3) is 0 Å². The molecule has 2 saturated heterocycles.